The van der Waals surface area contributed by atoms with E-state index in [0.717, 1.165) is 0 Å². The van der Waals surface area contributed by atoms with Crippen molar-refractivity contribution in [2.24, 2.45) is 0 Å². The second-order valence-corrected chi connectivity index (χ2v) is 6.00. The molecule has 0 radical (unpaired) electrons. The smallest absolute Gasteiger partial charge is 0.344 e. The van der Waals surface area contributed by atoms with Gasteiger partial charge in [0.05, 0.1) is 24.3 Å². The first kappa shape index (κ1) is 20.9. The van der Waals surface area contributed by atoms with Crippen molar-refractivity contribution < 1.29 is 28.5 Å². The van der Waals surface area contributed by atoms with Gasteiger partial charge < -0.3 is 18.9 Å². The van der Waals surface area contributed by atoms with Crippen LogP contribution in [0.5, 0.6) is 23.1 Å². The molecule has 0 aliphatic heterocycles. The van der Waals surface area contributed by atoms with E-state index in [1.54, 1.807) is 54.6 Å². The second kappa shape index (κ2) is 10.1. The van der Waals surface area contributed by atoms with Crippen LogP contribution in [0, 0.1) is 0 Å². The number of esters is 2. The van der Waals surface area contributed by atoms with Gasteiger partial charge >= 0.3 is 11.9 Å². The maximum Gasteiger partial charge on any atom is 0.344 e. The second-order valence-electron chi connectivity index (χ2n) is 6.00. The molecule has 7 nitrogen and oxygen atoms in total. The normalized spacial score (nSPS) is 10.2. The molecule has 0 atom stereocenters. The Morgan fingerprint density at radius 3 is 1.73 bits per heavy atom. The standard InChI is InChI=1S/C23H21NO6/c1-3-27-18-11-7-16(8-12-18)22(25)29-20-6-5-15-24-21(20)30-23(26)17-9-13-19(14-10-17)28-4-2/h5-15H,3-4H2,1-2H3. The Labute approximate surface area is 174 Å². The van der Waals surface area contributed by atoms with E-state index in [1.165, 1.54) is 12.3 Å². The Hall–Kier alpha value is -3.87. The molecule has 0 amide bonds. The maximum absolute atomic E-state index is 12.4. The Morgan fingerprint density at radius 1 is 0.733 bits per heavy atom. The molecule has 2 aromatic carbocycles. The van der Waals surface area contributed by atoms with Crippen molar-refractivity contribution in [1.29, 1.82) is 0 Å². The van der Waals surface area contributed by atoms with Crippen molar-refractivity contribution in [3.05, 3.63) is 78.0 Å². The molecule has 0 N–H and O–H groups in total. The predicted octanol–water partition coefficient (Wildman–Crippen LogP) is 4.32. The summed E-state index contributed by atoms with van der Waals surface area (Å²) >= 11 is 0. The molecule has 3 rings (SSSR count). The topological polar surface area (TPSA) is 84.0 Å². The molecule has 154 valence electrons. The van der Waals surface area contributed by atoms with Crippen LogP contribution in [-0.4, -0.2) is 30.1 Å². The number of benzene rings is 2. The zero-order valence-corrected chi connectivity index (χ0v) is 16.7. The third-order valence-electron chi connectivity index (χ3n) is 3.93. The van der Waals surface area contributed by atoms with Gasteiger partial charge in [0.1, 0.15) is 11.5 Å². The fourth-order valence-corrected chi connectivity index (χ4v) is 2.54. The third-order valence-corrected chi connectivity index (χ3v) is 3.93. The number of hydrogen-bond acceptors (Lipinski definition) is 7. The van der Waals surface area contributed by atoms with E-state index in [4.69, 9.17) is 18.9 Å². The van der Waals surface area contributed by atoms with E-state index in [1.807, 2.05) is 13.8 Å². The van der Waals surface area contributed by atoms with Crippen molar-refractivity contribution in [3.8, 4) is 23.1 Å². The maximum atomic E-state index is 12.4. The monoisotopic (exact) mass is 407 g/mol. The first-order chi connectivity index (χ1) is 14.6. The summed E-state index contributed by atoms with van der Waals surface area (Å²) in [6.45, 7) is 4.81. The zero-order valence-electron chi connectivity index (χ0n) is 16.7. The molecular weight excluding hydrogens is 386 g/mol. The minimum atomic E-state index is -0.630. The van der Waals surface area contributed by atoms with E-state index in [0.29, 0.717) is 35.8 Å². The molecule has 0 saturated heterocycles. The fourth-order valence-electron chi connectivity index (χ4n) is 2.54. The summed E-state index contributed by atoms with van der Waals surface area (Å²) < 4.78 is 21.4. The molecule has 0 spiro atoms. The Balaban J connectivity index is 1.70. The zero-order chi connectivity index (χ0) is 21.3. The lowest BCUT2D eigenvalue weighted by Crippen LogP contribution is -2.13. The van der Waals surface area contributed by atoms with E-state index in [-0.39, 0.29) is 11.6 Å². The van der Waals surface area contributed by atoms with Gasteiger partial charge in [-0.15, -0.1) is 0 Å². The molecule has 0 saturated carbocycles. The lowest BCUT2D eigenvalue weighted by Gasteiger charge is -2.10. The van der Waals surface area contributed by atoms with Gasteiger partial charge in [-0.25, -0.2) is 14.6 Å². The molecule has 1 heterocycles. The van der Waals surface area contributed by atoms with Gasteiger partial charge in [0, 0.05) is 6.20 Å². The minimum Gasteiger partial charge on any atom is -0.494 e. The number of ether oxygens (including phenoxy) is 4. The van der Waals surface area contributed by atoms with Crippen LogP contribution in [0.1, 0.15) is 34.6 Å². The third kappa shape index (κ3) is 5.35. The lowest BCUT2D eigenvalue weighted by molar-refractivity contribution is 0.0675. The molecule has 3 aromatic rings. The summed E-state index contributed by atoms with van der Waals surface area (Å²) in [5.41, 5.74) is 0.638. The molecule has 0 unspecified atom stereocenters. The summed E-state index contributed by atoms with van der Waals surface area (Å²) in [7, 11) is 0. The Bertz CT molecular complexity index is 916. The van der Waals surface area contributed by atoms with Gasteiger partial charge in [-0.2, -0.15) is 0 Å². The van der Waals surface area contributed by atoms with Crippen LogP contribution >= 0.6 is 0 Å². The summed E-state index contributed by atoms with van der Waals surface area (Å²) in [5.74, 6) is 0.00290. The number of rotatable bonds is 8. The number of pyridine rings is 1. The Morgan fingerprint density at radius 2 is 1.23 bits per heavy atom. The van der Waals surface area contributed by atoms with Crippen LogP contribution in [0.25, 0.3) is 0 Å². The summed E-state index contributed by atoms with van der Waals surface area (Å²) in [5, 5.41) is 0. The molecule has 0 bridgehead atoms. The van der Waals surface area contributed by atoms with Crippen molar-refractivity contribution >= 4 is 11.9 Å². The number of carbonyl (C=O) groups excluding carboxylic acids is 2. The van der Waals surface area contributed by atoms with Crippen molar-refractivity contribution in [2.45, 2.75) is 13.8 Å². The van der Waals surface area contributed by atoms with Gasteiger partial charge in [-0.3, -0.25) is 0 Å². The van der Waals surface area contributed by atoms with Crippen LogP contribution in [0.15, 0.2) is 66.9 Å². The summed E-state index contributed by atoms with van der Waals surface area (Å²) in [4.78, 5) is 28.9. The van der Waals surface area contributed by atoms with Gasteiger partial charge in [0.25, 0.3) is 5.88 Å². The van der Waals surface area contributed by atoms with Crippen molar-refractivity contribution in [3.63, 3.8) is 0 Å². The van der Waals surface area contributed by atoms with Crippen LogP contribution in [0.4, 0.5) is 0 Å². The highest BCUT2D eigenvalue weighted by Gasteiger charge is 2.17. The number of aromatic nitrogens is 1. The van der Waals surface area contributed by atoms with E-state index >= 15 is 0 Å². The summed E-state index contributed by atoms with van der Waals surface area (Å²) in [6, 6.07) is 16.1. The van der Waals surface area contributed by atoms with E-state index in [2.05, 4.69) is 4.98 Å². The van der Waals surface area contributed by atoms with Gasteiger partial charge in [0.15, 0.2) is 5.75 Å². The highest BCUT2D eigenvalue weighted by atomic mass is 16.6. The van der Waals surface area contributed by atoms with Crippen molar-refractivity contribution in [2.75, 3.05) is 13.2 Å². The van der Waals surface area contributed by atoms with Crippen LogP contribution in [-0.2, 0) is 0 Å². The fraction of sp³-hybridized carbons (Fsp3) is 0.174. The first-order valence-electron chi connectivity index (χ1n) is 9.45. The summed E-state index contributed by atoms with van der Waals surface area (Å²) in [6.07, 6.45) is 1.44. The lowest BCUT2D eigenvalue weighted by atomic mass is 10.2. The first-order valence-corrected chi connectivity index (χ1v) is 9.45. The largest absolute Gasteiger partial charge is 0.494 e. The molecule has 7 heteroatoms. The molecule has 1 aromatic heterocycles. The van der Waals surface area contributed by atoms with Crippen molar-refractivity contribution in [1.82, 2.24) is 4.98 Å². The van der Waals surface area contributed by atoms with Crippen LogP contribution < -0.4 is 18.9 Å². The average molecular weight is 407 g/mol. The van der Waals surface area contributed by atoms with E-state index < -0.39 is 11.9 Å². The molecule has 0 aliphatic rings. The highest BCUT2D eigenvalue weighted by molar-refractivity contribution is 5.93. The molecular formula is C23H21NO6. The number of hydrogen-bond donors (Lipinski definition) is 0. The minimum absolute atomic E-state index is 0.0377. The SMILES string of the molecule is CCOc1ccc(C(=O)Oc2cccnc2OC(=O)c2ccc(OCC)cc2)cc1. The number of nitrogens with zero attached hydrogens (tertiary/aromatic N) is 1. The molecule has 30 heavy (non-hydrogen) atoms. The van der Waals surface area contributed by atoms with Gasteiger partial charge in [-0.05, 0) is 74.5 Å². The van der Waals surface area contributed by atoms with Gasteiger partial charge in [0.2, 0.25) is 0 Å². The highest BCUT2D eigenvalue weighted by Crippen LogP contribution is 2.26. The Kier molecular flexibility index (Phi) is 7.00. The quantitative estimate of drug-likeness (QED) is 0.514. The molecule has 0 aliphatic carbocycles. The van der Waals surface area contributed by atoms with Gasteiger partial charge in [-0.1, -0.05) is 0 Å². The van der Waals surface area contributed by atoms with Crippen LogP contribution in [0.3, 0.4) is 0 Å². The molecule has 0 fully saturated rings. The van der Waals surface area contributed by atoms with Crippen LogP contribution in [0.2, 0.25) is 0 Å². The number of carbonyl (C=O) groups is 2. The van der Waals surface area contributed by atoms with E-state index in [9.17, 15) is 9.59 Å². The average Bonchev–Trinajstić information content (AvgIpc) is 2.76. The predicted molar refractivity (Wildman–Crippen MR) is 109 cm³/mol.